The van der Waals surface area contributed by atoms with Crippen LogP contribution in [0.1, 0.15) is 39.5 Å². The Labute approximate surface area is 167 Å². The van der Waals surface area contributed by atoms with E-state index < -0.39 is 66.4 Å². The maximum Gasteiger partial charge on any atom is 0.326 e. The molecule has 1 heterocycles. The number of aliphatic hydroxyl groups is 1. The van der Waals surface area contributed by atoms with Gasteiger partial charge in [-0.05, 0) is 33.1 Å². The van der Waals surface area contributed by atoms with Crippen molar-refractivity contribution in [1.82, 2.24) is 15.5 Å². The Bertz CT molecular complexity index is 653. The Balaban J connectivity index is 2.81. The smallest absolute Gasteiger partial charge is 0.326 e. The van der Waals surface area contributed by atoms with Crippen molar-refractivity contribution in [2.75, 3.05) is 6.54 Å². The van der Waals surface area contributed by atoms with E-state index in [0.717, 1.165) is 0 Å². The summed E-state index contributed by atoms with van der Waals surface area (Å²) >= 11 is 0. The number of carbonyl (C=O) groups excluding carboxylic acids is 3. The van der Waals surface area contributed by atoms with Crippen LogP contribution in [0.2, 0.25) is 0 Å². The number of carboxylic acid groups (broad SMARTS) is 2. The average molecular weight is 416 g/mol. The van der Waals surface area contributed by atoms with Crippen LogP contribution in [-0.4, -0.2) is 86.7 Å². The van der Waals surface area contributed by atoms with Crippen molar-refractivity contribution < 1.29 is 39.3 Å². The highest BCUT2D eigenvalue weighted by atomic mass is 16.4. The quantitative estimate of drug-likeness (QED) is 0.225. The van der Waals surface area contributed by atoms with Gasteiger partial charge in [-0.2, -0.15) is 0 Å². The second-order valence-electron chi connectivity index (χ2n) is 7.02. The van der Waals surface area contributed by atoms with Gasteiger partial charge < -0.3 is 36.6 Å². The predicted octanol–water partition coefficient (Wildman–Crippen LogP) is -2.38. The SMILES string of the molecule is CC(NC(=O)C(CCC(=O)O)NC(=O)C(N)C(C)O)C(=O)N1CCCC1C(=O)O. The maximum absolute atomic E-state index is 12.5. The summed E-state index contributed by atoms with van der Waals surface area (Å²) in [6, 6.07) is -4.67. The van der Waals surface area contributed by atoms with Crippen LogP contribution in [0, 0.1) is 0 Å². The highest BCUT2D eigenvalue weighted by molar-refractivity contribution is 5.94. The monoisotopic (exact) mass is 416 g/mol. The van der Waals surface area contributed by atoms with E-state index in [1.54, 1.807) is 0 Å². The molecule has 7 N–H and O–H groups in total. The molecule has 0 aromatic rings. The molecule has 0 radical (unpaired) electrons. The van der Waals surface area contributed by atoms with Gasteiger partial charge in [0, 0.05) is 13.0 Å². The van der Waals surface area contributed by atoms with E-state index >= 15 is 0 Å². The van der Waals surface area contributed by atoms with Gasteiger partial charge in [-0.3, -0.25) is 19.2 Å². The van der Waals surface area contributed by atoms with Crippen molar-refractivity contribution in [2.24, 2.45) is 5.73 Å². The minimum atomic E-state index is -1.32. The zero-order valence-electron chi connectivity index (χ0n) is 16.3. The summed E-state index contributed by atoms with van der Waals surface area (Å²) in [4.78, 5) is 60.3. The van der Waals surface area contributed by atoms with Crippen LogP contribution < -0.4 is 16.4 Å². The van der Waals surface area contributed by atoms with Crippen LogP contribution in [0.4, 0.5) is 0 Å². The first-order valence-corrected chi connectivity index (χ1v) is 9.25. The van der Waals surface area contributed by atoms with E-state index in [2.05, 4.69) is 10.6 Å². The number of nitrogens with one attached hydrogen (secondary N) is 2. The first-order valence-electron chi connectivity index (χ1n) is 9.25. The molecule has 0 bridgehead atoms. The Morgan fingerprint density at radius 2 is 1.72 bits per heavy atom. The second kappa shape index (κ2) is 10.7. The molecule has 29 heavy (non-hydrogen) atoms. The number of rotatable bonds is 10. The number of nitrogens with zero attached hydrogens (tertiary/aromatic N) is 1. The molecule has 1 saturated heterocycles. The summed E-state index contributed by atoms with van der Waals surface area (Å²) in [5, 5.41) is 32.1. The number of carboxylic acids is 2. The Kier molecular flexibility index (Phi) is 8.98. The highest BCUT2D eigenvalue weighted by Crippen LogP contribution is 2.18. The molecule has 0 aliphatic carbocycles. The van der Waals surface area contributed by atoms with Crippen LogP contribution >= 0.6 is 0 Å². The largest absolute Gasteiger partial charge is 0.481 e. The minimum absolute atomic E-state index is 0.248. The molecule has 0 aromatic carbocycles. The number of aliphatic carboxylic acids is 2. The van der Waals surface area contributed by atoms with Crippen molar-refractivity contribution in [3.63, 3.8) is 0 Å². The number of aliphatic hydroxyl groups excluding tert-OH is 1. The molecular weight excluding hydrogens is 388 g/mol. The lowest BCUT2D eigenvalue weighted by Gasteiger charge is -2.27. The molecule has 1 aliphatic heterocycles. The number of amides is 3. The van der Waals surface area contributed by atoms with Crippen molar-refractivity contribution in [1.29, 1.82) is 0 Å². The van der Waals surface area contributed by atoms with E-state index in [9.17, 15) is 34.2 Å². The van der Waals surface area contributed by atoms with Gasteiger partial charge in [0.25, 0.3) is 0 Å². The molecule has 1 aliphatic rings. The highest BCUT2D eigenvalue weighted by Gasteiger charge is 2.37. The van der Waals surface area contributed by atoms with Gasteiger partial charge in [0.05, 0.1) is 6.10 Å². The van der Waals surface area contributed by atoms with E-state index in [4.69, 9.17) is 10.8 Å². The normalized spacial score (nSPS) is 20.3. The molecule has 1 rings (SSSR count). The molecular formula is C17H28N4O8. The van der Waals surface area contributed by atoms with Gasteiger partial charge in [0.15, 0.2) is 0 Å². The first kappa shape index (κ1) is 24.3. The Hall–Kier alpha value is -2.73. The number of carbonyl (C=O) groups is 5. The minimum Gasteiger partial charge on any atom is -0.481 e. The molecule has 1 fully saturated rings. The third-order valence-electron chi connectivity index (χ3n) is 4.65. The van der Waals surface area contributed by atoms with Crippen molar-refractivity contribution in [3.05, 3.63) is 0 Å². The van der Waals surface area contributed by atoms with Gasteiger partial charge in [-0.15, -0.1) is 0 Å². The summed E-state index contributed by atoms with van der Waals surface area (Å²) in [5.41, 5.74) is 5.51. The summed E-state index contributed by atoms with van der Waals surface area (Å²) in [6.07, 6.45) is -1.05. The molecule has 0 spiro atoms. The molecule has 164 valence electrons. The summed E-state index contributed by atoms with van der Waals surface area (Å²) in [6.45, 7) is 2.90. The Morgan fingerprint density at radius 3 is 2.24 bits per heavy atom. The molecule has 12 nitrogen and oxygen atoms in total. The van der Waals surface area contributed by atoms with Gasteiger partial charge in [-0.1, -0.05) is 0 Å². The number of hydrogen-bond donors (Lipinski definition) is 6. The van der Waals surface area contributed by atoms with Gasteiger partial charge in [0.1, 0.15) is 24.2 Å². The van der Waals surface area contributed by atoms with Crippen LogP contribution in [0.25, 0.3) is 0 Å². The number of hydrogen-bond acceptors (Lipinski definition) is 7. The van der Waals surface area contributed by atoms with Gasteiger partial charge in [-0.25, -0.2) is 4.79 Å². The predicted molar refractivity (Wildman–Crippen MR) is 98.4 cm³/mol. The third-order valence-corrected chi connectivity index (χ3v) is 4.65. The number of likely N-dealkylation sites (tertiary alicyclic amines) is 1. The lowest BCUT2D eigenvalue weighted by molar-refractivity contribution is -0.149. The topological polar surface area (TPSA) is 199 Å². The summed E-state index contributed by atoms with van der Waals surface area (Å²) < 4.78 is 0. The van der Waals surface area contributed by atoms with Crippen LogP contribution in [0.15, 0.2) is 0 Å². The van der Waals surface area contributed by atoms with E-state index in [0.29, 0.717) is 12.8 Å². The van der Waals surface area contributed by atoms with Crippen molar-refractivity contribution >= 4 is 29.7 Å². The molecule has 12 heteroatoms. The fourth-order valence-electron chi connectivity index (χ4n) is 2.94. The third kappa shape index (κ3) is 6.98. The standard InChI is InChI=1S/C17H28N4O8/c1-8(16(27)21-7-3-4-11(21)17(28)29)19-14(25)10(5-6-12(23)24)20-15(26)13(18)9(2)22/h8-11,13,22H,3-7,18H2,1-2H3,(H,19,25)(H,20,26)(H,23,24)(H,28,29). The summed E-state index contributed by atoms with van der Waals surface area (Å²) in [5.74, 6) is -4.58. The van der Waals surface area contributed by atoms with Crippen molar-refractivity contribution in [2.45, 2.75) is 69.8 Å². The lowest BCUT2D eigenvalue weighted by atomic mass is 10.1. The molecule has 0 saturated carbocycles. The number of nitrogens with two attached hydrogens (primary N) is 1. The van der Waals surface area contributed by atoms with Crippen LogP contribution in [-0.2, 0) is 24.0 Å². The Morgan fingerprint density at radius 1 is 1.10 bits per heavy atom. The maximum atomic E-state index is 12.5. The second-order valence-corrected chi connectivity index (χ2v) is 7.02. The van der Waals surface area contributed by atoms with Crippen LogP contribution in [0.5, 0.6) is 0 Å². The van der Waals surface area contributed by atoms with Crippen LogP contribution in [0.3, 0.4) is 0 Å². The fourth-order valence-corrected chi connectivity index (χ4v) is 2.94. The van der Waals surface area contributed by atoms with Gasteiger partial charge >= 0.3 is 11.9 Å². The molecule has 5 unspecified atom stereocenters. The average Bonchev–Trinajstić information content (AvgIpc) is 3.13. The zero-order chi connectivity index (χ0) is 22.3. The van der Waals surface area contributed by atoms with E-state index in [1.807, 2.05) is 0 Å². The fraction of sp³-hybridized carbons (Fsp3) is 0.706. The van der Waals surface area contributed by atoms with E-state index in [-0.39, 0.29) is 13.0 Å². The summed E-state index contributed by atoms with van der Waals surface area (Å²) in [7, 11) is 0. The molecule has 5 atom stereocenters. The van der Waals surface area contributed by atoms with E-state index in [1.165, 1.54) is 18.7 Å². The first-order chi connectivity index (χ1) is 13.5. The molecule has 0 aromatic heterocycles. The molecule has 3 amide bonds. The van der Waals surface area contributed by atoms with Crippen molar-refractivity contribution in [3.8, 4) is 0 Å². The lowest BCUT2D eigenvalue weighted by Crippen LogP contribution is -2.57. The van der Waals surface area contributed by atoms with Gasteiger partial charge in [0.2, 0.25) is 17.7 Å². The zero-order valence-corrected chi connectivity index (χ0v) is 16.3.